The number of sulfonamides is 1. The Balaban J connectivity index is 1.66. The van der Waals surface area contributed by atoms with Crippen molar-refractivity contribution in [2.24, 2.45) is 0 Å². The Bertz CT molecular complexity index is 980. The normalized spacial score (nSPS) is 15.2. The van der Waals surface area contributed by atoms with E-state index in [1.165, 1.54) is 4.31 Å². The lowest BCUT2D eigenvalue weighted by atomic mass is 10.1. The van der Waals surface area contributed by atoms with Crippen LogP contribution in [0, 0.1) is 5.41 Å². The molecule has 166 valence electrons. The van der Waals surface area contributed by atoms with Crippen LogP contribution in [0.4, 0.5) is 5.69 Å². The lowest BCUT2D eigenvalue weighted by Crippen LogP contribution is -2.40. The van der Waals surface area contributed by atoms with Gasteiger partial charge in [-0.25, -0.2) is 8.42 Å². The predicted molar refractivity (Wildman–Crippen MR) is 127 cm³/mol. The van der Waals surface area contributed by atoms with Crippen molar-refractivity contribution in [3.05, 3.63) is 66.2 Å². The standard InChI is InChI=1S/C24H31N3O3S/c1-3-31(28,29)27(17-7-10-21-8-5-4-6-9-21)22-11-13-23(14-12-22)30-24-15-18-26(19-16-24)20(2)25/h4-14,24-25H,3,15-19H2,1-2H3/b10-7+,25-20?. The predicted octanol–water partition coefficient (Wildman–Crippen LogP) is 4.40. The number of nitrogens with zero attached hydrogens (tertiary/aromatic N) is 2. The minimum atomic E-state index is -3.41. The summed E-state index contributed by atoms with van der Waals surface area (Å²) in [5, 5.41) is 7.73. The molecule has 0 atom stereocenters. The molecule has 2 aromatic rings. The molecule has 1 heterocycles. The number of hydrogen-bond acceptors (Lipinski definition) is 4. The van der Waals surface area contributed by atoms with E-state index < -0.39 is 10.0 Å². The molecule has 1 saturated heterocycles. The van der Waals surface area contributed by atoms with Crippen LogP contribution in [0.3, 0.4) is 0 Å². The zero-order chi connectivity index (χ0) is 22.3. The van der Waals surface area contributed by atoms with Crippen molar-refractivity contribution in [2.45, 2.75) is 32.8 Å². The zero-order valence-electron chi connectivity index (χ0n) is 18.2. The summed E-state index contributed by atoms with van der Waals surface area (Å²) in [6.45, 7) is 5.39. The molecule has 2 aromatic carbocycles. The van der Waals surface area contributed by atoms with E-state index in [-0.39, 0.29) is 18.4 Å². The summed E-state index contributed by atoms with van der Waals surface area (Å²) in [4.78, 5) is 2.05. The Kier molecular flexibility index (Phi) is 7.74. The van der Waals surface area contributed by atoms with Crippen molar-refractivity contribution in [1.82, 2.24) is 4.90 Å². The Morgan fingerprint density at radius 1 is 1.13 bits per heavy atom. The van der Waals surface area contributed by atoms with E-state index in [9.17, 15) is 8.42 Å². The van der Waals surface area contributed by atoms with Gasteiger partial charge in [0.1, 0.15) is 11.9 Å². The highest BCUT2D eigenvalue weighted by Gasteiger charge is 2.22. The smallest absolute Gasteiger partial charge is 0.235 e. The van der Waals surface area contributed by atoms with Gasteiger partial charge in [-0.05, 0) is 43.7 Å². The van der Waals surface area contributed by atoms with Gasteiger partial charge in [0.2, 0.25) is 10.0 Å². The maximum Gasteiger partial charge on any atom is 0.235 e. The number of hydrogen-bond donors (Lipinski definition) is 1. The molecular formula is C24H31N3O3S. The highest BCUT2D eigenvalue weighted by Crippen LogP contribution is 2.25. The molecule has 0 aliphatic carbocycles. The molecule has 3 rings (SSSR count). The second-order valence-corrected chi connectivity index (χ2v) is 9.81. The molecule has 1 N–H and O–H groups in total. The van der Waals surface area contributed by atoms with Gasteiger partial charge in [0.25, 0.3) is 0 Å². The van der Waals surface area contributed by atoms with Crippen LogP contribution in [0.2, 0.25) is 0 Å². The van der Waals surface area contributed by atoms with Crippen molar-refractivity contribution in [1.29, 1.82) is 5.41 Å². The average molecular weight is 442 g/mol. The zero-order valence-corrected chi connectivity index (χ0v) is 19.0. The van der Waals surface area contributed by atoms with E-state index >= 15 is 0 Å². The van der Waals surface area contributed by atoms with Crippen molar-refractivity contribution >= 4 is 27.6 Å². The van der Waals surface area contributed by atoms with Crippen molar-refractivity contribution in [3.63, 3.8) is 0 Å². The van der Waals surface area contributed by atoms with Crippen LogP contribution in [-0.2, 0) is 10.0 Å². The van der Waals surface area contributed by atoms with Crippen molar-refractivity contribution < 1.29 is 13.2 Å². The number of nitrogens with one attached hydrogen (secondary N) is 1. The van der Waals surface area contributed by atoms with Gasteiger partial charge in [0, 0.05) is 25.9 Å². The van der Waals surface area contributed by atoms with Gasteiger partial charge in [-0.3, -0.25) is 9.71 Å². The third kappa shape index (κ3) is 6.34. The van der Waals surface area contributed by atoms with E-state index in [0.717, 1.165) is 37.2 Å². The van der Waals surface area contributed by atoms with Crippen LogP contribution in [0.25, 0.3) is 6.08 Å². The van der Waals surface area contributed by atoms with E-state index in [1.807, 2.05) is 61.5 Å². The van der Waals surface area contributed by atoms with Crippen LogP contribution in [0.15, 0.2) is 60.7 Å². The number of benzene rings is 2. The first kappa shape index (κ1) is 22.9. The number of piperidine rings is 1. The molecule has 6 nitrogen and oxygen atoms in total. The van der Waals surface area contributed by atoms with Gasteiger partial charge in [0.15, 0.2) is 0 Å². The molecular weight excluding hydrogens is 410 g/mol. The molecule has 7 heteroatoms. The summed E-state index contributed by atoms with van der Waals surface area (Å²) in [5.41, 5.74) is 1.66. The van der Waals surface area contributed by atoms with Crippen LogP contribution in [0.5, 0.6) is 5.75 Å². The lowest BCUT2D eigenvalue weighted by molar-refractivity contribution is 0.130. The summed E-state index contributed by atoms with van der Waals surface area (Å²) in [7, 11) is -3.41. The molecule has 31 heavy (non-hydrogen) atoms. The van der Waals surface area contributed by atoms with Crippen LogP contribution >= 0.6 is 0 Å². The summed E-state index contributed by atoms with van der Waals surface area (Å²) in [6.07, 6.45) is 5.66. The maximum absolute atomic E-state index is 12.7. The van der Waals surface area contributed by atoms with Crippen molar-refractivity contribution in [2.75, 3.05) is 29.7 Å². The topological polar surface area (TPSA) is 73.7 Å². The minimum Gasteiger partial charge on any atom is -0.490 e. The van der Waals surface area contributed by atoms with E-state index in [0.29, 0.717) is 11.5 Å². The summed E-state index contributed by atoms with van der Waals surface area (Å²) < 4.78 is 32.9. The van der Waals surface area contributed by atoms with Gasteiger partial charge in [-0.2, -0.15) is 0 Å². The van der Waals surface area contributed by atoms with Gasteiger partial charge >= 0.3 is 0 Å². The number of ether oxygens (including phenoxy) is 1. The Morgan fingerprint density at radius 3 is 2.35 bits per heavy atom. The Labute approximate surface area is 185 Å². The maximum atomic E-state index is 12.7. The number of rotatable bonds is 8. The lowest BCUT2D eigenvalue weighted by Gasteiger charge is -2.32. The molecule has 1 aliphatic heterocycles. The first-order valence-corrected chi connectivity index (χ1v) is 12.3. The molecule has 0 unspecified atom stereocenters. The SMILES string of the molecule is CCS(=O)(=O)N(C/C=C/c1ccccc1)c1ccc(OC2CCN(C(C)=N)CC2)cc1. The highest BCUT2D eigenvalue weighted by atomic mass is 32.2. The van der Waals surface area contributed by atoms with E-state index in [1.54, 1.807) is 19.1 Å². The largest absolute Gasteiger partial charge is 0.490 e. The van der Waals surface area contributed by atoms with E-state index in [2.05, 4.69) is 4.90 Å². The molecule has 0 saturated carbocycles. The van der Waals surface area contributed by atoms with Crippen LogP contribution < -0.4 is 9.04 Å². The van der Waals surface area contributed by atoms with Gasteiger partial charge in [-0.1, -0.05) is 42.5 Å². The molecule has 0 radical (unpaired) electrons. The second-order valence-electron chi connectivity index (χ2n) is 7.63. The number of anilines is 1. The first-order valence-electron chi connectivity index (χ1n) is 10.7. The average Bonchev–Trinajstić information content (AvgIpc) is 2.78. The number of amidine groups is 1. The summed E-state index contributed by atoms with van der Waals surface area (Å²) in [5.74, 6) is 1.37. The fourth-order valence-electron chi connectivity index (χ4n) is 3.58. The molecule has 1 fully saturated rings. The third-order valence-electron chi connectivity index (χ3n) is 5.43. The Hall–Kier alpha value is -2.80. The quantitative estimate of drug-likeness (QED) is 0.487. The molecule has 0 bridgehead atoms. The summed E-state index contributed by atoms with van der Waals surface area (Å²) in [6, 6.07) is 17.1. The molecule has 0 aromatic heterocycles. The van der Waals surface area contributed by atoms with Crippen LogP contribution in [-0.4, -0.2) is 50.6 Å². The molecule has 0 spiro atoms. The highest BCUT2D eigenvalue weighted by molar-refractivity contribution is 7.92. The van der Waals surface area contributed by atoms with Gasteiger partial charge in [0.05, 0.1) is 23.8 Å². The van der Waals surface area contributed by atoms with Gasteiger partial charge < -0.3 is 9.64 Å². The monoisotopic (exact) mass is 441 g/mol. The van der Waals surface area contributed by atoms with Crippen LogP contribution in [0.1, 0.15) is 32.3 Å². The number of likely N-dealkylation sites (tertiary alicyclic amines) is 1. The first-order chi connectivity index (χ1) is 14.9. The minimum absolute atomic E-state index is 0.0371. The van der Waals surface area contributed by atoms with Gasteiger partial charge in [-0.15, -0.1) is 0 Å². The third-order valence-corrected chi connectivity index (χ3v) is 7.19. The van der Waals surface area contributed by atoms with E-state index in [4.69, 9.17) is 10.1 Å². The fourth-order valence-corrected chi connectivity index (χ4v) is 4.64. The molecule has 1 aliphatic rings. The molecule has 0 amide bonds. The summed E-state index contributed by atoms with van der Waals surface area (Å²) >= 11 is 0. The Morgan fingerprint density at radius 2 is 1.77 bits per heavy atom. The fraction of sp³-hybridized carbons (Fsp3) is 0.375. The second kappa shape index (κ2) is 10.5. The van der Waals surface area contributed by atoms with Crippen molar-refractivity contribution in [3.8, 4) is 5.75 Å².